The molecule has 2 N–H and O–H groups in total. The Kier molecular flexibility index (Phi) is 6.14. The van der Waals surface area contributed by atoms with Gasteiger partial charge in [-0.1, -0.05) is 0 Å². The number of pyridine rings is 1. The summed E-state index contributed by atoms with van der Waals surface area (Å²) in [7, 11) is -1.10. The van der Waals surface area contributed by atoms with Crippen LogP contribution in [0.3, 0.4) is 0 Å². The number of hydrogen-bond acceptors (Lipinski definition) is 10. The Labute approximate surface area is 188 Å². The molecule has 1 aromatic carbocycles. The fraction of sp³-hybridized carbons (Fsp3) is 0.100. The molecule has 0 saturated carbocycles. The molecular weight excluding hydrogens is 452 g/mol. The molecule has 0 radical (unpaired) electrons. The summed E-state index contributed by atoms with van der Waals surface area (Å²) in [6.07, 6.45) is 3.42. The molecule has 0 atom stereocenters. The topological polar surface area (TPSA) is 128 Å². The van der Waals surface area contributed by atoms with Crippen LogP contribution in [0.15, 0.2) is 65.1 Å². The van der Waals surface area contributed by atoms with Crippen molar-refractivity contribution >= 4 is 38.0 Å². The number of thiazole rings is 1. The summed E-state index contributed by atoms with van der Waals surface area (Å²) >= 11 is 1.45. The monoisotopic (exact) mass is 470 g/mol. The largest absolute Gasteiger partial charge is 0.481 e. The van der Waals surface area contributed by atoms with Gasteiger partial charge in [0, 0.05) is 35.1 Å². The van der Waals surface area contributed by atoms with Crippen LogP contribution in [0.25, 0.3) is 11.3 Å². The summed E-state index contributed by atoms with van der Waals surface area (Å²) < 4.78 is 37.9. The maximum absolute atomic E-state index is 12.7. The molecule has 0 bridgehead atoms. The van der Waals surface area contributed by atoms with Crippen molar-refractivity contribution in [3.63, 3.8) is 0 Å². The molecule has 0 spiro atoms. The molecule has 10 nitrogen and oxygen atoms in total. The summed E-state index contributed by atoms with van der Waals surface area (Å²) in [4.78, 5) is 16.5. The van der Waals surface area contributed by atoms with E-state index in [0.29, 0.717) is 10.8 Å². The highest BCUT2D eigenvalue weighted by molar-refractivity contribution is 7.92. The van der Waals surface area contributed by atoms with Crippen LogP contribution < -0.4 is 19.5 Å². The van der Waals surface area contributed by atoms with Crippen molar-refractivity contribution in [2.75, 3.05) is 24.3 Å². The molecule has 164 valence electrons. The van der Waals surface area contributed by atoms with Crippen LogP contribution in [0, 0.1) is 0 Å². The fourth-order valence-electron chi connectivity index (χ4n) is 2.68. The predicted molar refractivity (Wildman–Crippen MR) is 121 cm³/mol. The van der Waals surface area contributed by atoms with Gasteiger partial charge < -0.3 is 14.8 Å². The van der Waals surface area contributed by atoms with E-state index < -0.39 is 10.0 Å². The first-order chi connectivity index (χ1) is 15.5. The summed E-state index contributed by atoms with van der Waals surface area (Å²) in [6.45, 7) is 0. The molecular formula is C20H18N6O4S2. The van der Waals surface area contributed by atoms with Crippen molar-refractivity contribution in [1.82, 2.24) is 19.9 Å². The van der Waals surface area contributed by atoms with Crippen LogP contribution in [-0.2, 0) is 10.0 Å². The number of benzene rings is 1. The van der Waals surface area contributed by atoms with E-state index in [4.69, 9.17) is 9.47 Å². The first-order valence-electron chi connectivity index (χ1n) is 9.20. The van der Waals surface area contributed by atoms with E-state index in [2.05, 4.69) is 30.0 Å². The van der Waals surface area contributed by atoms with E-state index in [-0.39, 0.29) is 22.6 Å². The SMILES string of the molecule is COc1cc(NS(=O)(=O)c2ccc(Nc3nc(-c4ccncc4)cs3)cc2)nc(OC)n1. The van der Waals surface area contributed by atoms with Gasteiger partial charge in [-0.15, -0.1) is 11.3 Å². The highest BCUT2D eigenvalue weighted by atomic mass is 32.2. The van der Waals surface area contributed by atoms with Crippen molar-refractivity contribution in [2.45, 2.75) is 4.90 Å². The fourth-order valence-corrected chi connectivity index (χ4v) is 4.41. The van der Waals surface area contributed by atoms with Gasteiger partial charge in [-0.05, 0) is 36.4 Å². The number of aromatic nitrogens is 4. The molecule has 4 rings (SSSR count). The molecule has 32 heavy (non-hydrogen) atoms. The van der Waals surface area contributed by atoms with Gasteiger partial charge in [-0.25, -0.2) is 13.4 Å². The number of nitrogens with zero attached hydrogens (tertiary/aromatic N) is 4. The Hall–Kier alpha value is -3.77. The number of methoxy groups -OCH3 is 2. The minimum Gasteiger partial charge on any atom is -0.481 e. The number of sulfonamides is 1. The molecule has 0 aliphatic carbocycles. The Morgan fingerprint density at radius 1 is 0.938 bits per heavy atom. The highest BCUT2D eigenvalue weighted by Gasteiger charge is 2.17. The number of ether oxygens (including phenoxy) is 2. The maximum Gasteiger partial charge on any atom is 0.321 e. The Balaban J connectivity index is 1.48. The zero-order chi connectivity index (χ0) is 22.6. The molecule has 3 heterocycles. The van der Waals surface area contributed by atoms with Crippen molar-refractivity contribution in [1.29, 1.82) is 0 Å². The van der Waals surface area contributed by atoms with E-state index >= 15 is 0 Å². The number of nitrogens with one attached hydrogen (secondary N) is 2. The van der Waals surface area contributed by atoms with Gasteiger partial charge in [0.1, 0.15) is 0 Å². The van der Waals surface area contributed by atoms with Crippen LogP contribution in [0.1, 0.15) is 0 Å². The molecule has 0 aliphatic heterocycles. The third kappa shape index (κ3) is 4.92. The highest BCUT2D eigenvalue weighted by Crippen LogP contribution is 2.27. The number of hydrogen-bond donors (Lipinski definition) is 2. The van der Waals surface area contributed by atoms with Gasteiger partial charge >= 0.3 is 6.01 Å². The van der Waals surface area contributed by atoms with Crippen molar-refractivity contribution in [2.24, 2.45) is 0 Å². The zero-order valence-electron chi connectivity index (χ0n) is 17.0. The lowest BCUT2D eigenvalue weighted by molar-refractivity contribution is 0.353. The molecule has 4 aromatic rings. The summed E-state index contributed by atoms with van der Waals surface area (Å²) in [6, 6.07) is 11.4. The summed E-state index contributed by atoms with van der Waals surface area (Å²) in [5.74, 6) is 0.200. The molecule has 0 amide bonds. The minimum absolute atomic E-state index is 0.0174. The molecule has 12 heteroatoms. The van der Waals surface area contributed by atoms with Gasteiger partial charge in [0.15, 0.2) is 10.9 Å². The molecule has 0 fully saturated rings. The second-order valence-electron chi connectivity index (χ2n) is 6.31. The van der Waals surface area contributed by atoms with Crippen LogP contribution in [-0.4, -0.2) is 42.6 Å². The summed E-state index contributed by atoms with van der Waals surface area (Å²) in [5, 5.41) is 5.80. The predicted octanol–water partition coefficient (Wildman–Crippen LogP) is 3.56. The smallest absolute Gasteiger partial charge is 0.321 e. The van der Waals surface area contributed by atoms with Gasteiger partial charge in [-0.2, -0.15) is 9.97 Å². The standard InChI is InChI=1S/C20H18N6O4S2/c1-29-18-11-17(24-19(25-18)30-2)26-32(27,28)15-5-3-14(4-6-15)22-20-23-16(12-31-20)13-7-9-21-10-8-13/h3-12H,1-2H3,(H,22,23)(H,24,25,26). The molecule has 0 aliphatic rings. The van der Waals surface area contributed by atoms with Crippen LogP contribution in [0.5, 0.6) is 11.9 Å². The van der Waals surface area contributed by atoms with Crippen molar-refractivity contribution in [3.05, 3.63) is 60.2 Å². The molecule has 3 aromatic heterocycles. The van der Waals surface area contributed by atoms with Gasteiger partial charge in [0.2, 0.25) is 5.88 Å². The van der Waals surface area contributed by atoms with E-state index in [1.165, 1.54) is 43.8 Å². The average Bonchev–Trinajstić information content (AvgIpc) is 3.28. The normalized spacial score (nSPS) is 11.1. The Morgan fingerprint density at radius 3 is 2.38 bits per heavy atom. The van der Waals surface area contributed by atoms with Crippen LogP contribution in [0.2, 0.25) is 0 Å². The second-order valence-corrected chi connectivity index (χ2v) is 8.85. The molecule has 0 unspecified atom stereocenters. The Bertz CT molecular complexity index is 1290. The van der Waals surface area contributed by atoms with E-state index in [1.807, 2.05) is 17.5 Å². The van der Waals surface area contributed by atoms with E-state index in [1.54, 1.807) is 24.5 Å². The zero-order valence-corrected chi connectivity index (χ0v) is 18.6. The lowest BCUT2D eigenvalue weighted by Gasteiger charge is -2.10. The maximum atomic E-state index is 12.7. The van der Waals surface area contributed by atoms with Crippen LogP contribution >= 0.6 is 11.3 Å². The molecule has 0 saturated heterocycles. The van der Waals surface area contributed by atoms with Gasteiger partial charge in [0.25, 0.3) is 10.0 Å². The average molecular weight is 471 g/mol. The number of rotatable bonds is 8. The van der Waals surface area contributed by atoms with E-state index in [0.717, 1.165) is 11.3 Å². The van der Waals surface area contributed by atoms with Crippen LogP contribution in [0.4, 0.5) is 16.6 Å². The second kappa shape index (κ2) is 9.16. The lowest BCUT2D eigenvalue weighted by atomic mass is 10.2. The quantitative estimate of drug-likeness (QED) is 0.397. The first kappa shape index (κ1) is 21.5. The third-order valence-corrected chi connectivity index (χ3v) is 6.34. The van der Waals surface area contributed by atoms with Gasteiger partial charge in [-0.3, -0.25) is 9.71 Å². The lowest BCUT2D eigenvalue weighted by Crippen LogP contribution is -2.14. The number of anilines is 3. The first-order valence-corrected chi connectivity index (χ1v) is 11.6. The minimum atomic E-state index is -3.88. The van der Waals surface area contributed by atoms with Gasteiger partial charge in [0.05, 0.1) is 24.8 Å². The summed E-state index contributed by atoms with van der Waals surface area (Å²) in [5.41, 5.74) is 2.50. The van der Waals surface area contributed by atoms with E-state index in [9.17, 15) is 8.42 Å². The van der Waals surface area contributed by atoms with Crippen molar-refractivity contribution < 1.29 is 17.9 Å². The Morgan fingerprint density at radius 2 is 1.69 bits per heavy atom. The van der Waals surface area contributed by atoms with Crippen molar-refractivity contribution in [3.8, 4) is 23.1 Å². The third-order valence-electron chi connectivity index (χ3n) is 4.21.